The first kappa shape index (κ1) is 13.8. The summed E-state index contributed by atoms with van der Waals surface area (Å²) in [4.78, 5) is 0. The van der Waals surface area contributed by atoms with Crippen molar-refractivity contribution in [3.8, 4) is 0 Å². The molecule has 16 heavy (non-hydrogen) atoms. The minimum Gasteiger partial charge on any atom is -0.362 e. The molecule has 1 aliphatic carbocycles. The zero-order chi connectivity index (χ0) is 12.0. The molecule has 1 fully saturated rings. The van der Waals surface area contributed by atoms with Gasteiger partial charge in [-0.05, 0) is 50.7 Å². The molecule has 1 saturated carbocycles. The van der Waals surface area contributed by atoms with Crippen molar-refractivity contribution >= 4 is 17.3 Å². The van der Waals surface area contributed by atoms with Gasteiger partial charge in [0.05, 0.1) is 0 Å². The van der Waals surface area contributed by atoms with E-state index in [4.69, 9.17) is 12.2 Å². The Kier molecular flexibility index (Phi) is 6.10. The van der Waals surface area contributed by atoms with Crippen LogP contribution >= 0.6 is 12.2 Å². The van der Waals surface area contributed by atoms with Crippen molar-refractivity contribution in [3.63, 3.8) is 0 Å². The quantitative estimate of drug-likeness (QED) is 0.741. The maximum Gasteiger partial charge on any atom is 0.166 e. The van der Waals surface area contributed by atoms with Crippen LogP contribution in [0, 0.1) is 11.8 Å². The second-order valence-electron chi connectivity index (χ2n) is 5.30. The molecule has 94 valence electrons. The maximum atomic E-state index is 5.22. The van der Waals surface area contributed by atoms with Crippen LogP contribution in [-0.2, 0) is 0 Å². The monoisotopic (exact) mass is 242 g/mol. The van der Waals surface area contributed by atoms with Crippen molar-refractivity contribution in [1.29, 1.82) is 0 Å². The Morgan fingerprint density at radius 1 is 1.19 bits per heavy atom. The van der Waals surface area contributed by atoms with Gasteiger partial charge < -0.3 is 10.6 Å². The van der Waals surface area contributed by atoms with Crippen molar-refractivity contribution in [2.75, 3.05) is 6.54 Å². The van der Waals surface area contributed by atoms with Gasteiger partial charge in [0.25, 0.3) is 0 Å². The van der Waals surface area contributed by atoms with E-state index in [9.17, 15) is 0 Å². The highest BCUT2D eigenvalue weighted by atomic mass is 32.1. The predicted octanol–water partition coefficient (Wildman–Crippen LogP) is 3.08. The predicted molar refractivity (Wildman–Crippen MR) is 74.6 cm³/mol. The van der Waals surface area contributed by atoms with Gasteiger partial charge in [-0.1, -0.05) is 26.2 Å². The van der Waals surface area contributed by atoms with Gasteiger partial charge in [0.2, 0.25) is 0 Å². The molecule has 1 aliphatic rings. The van der Waals surface area contributed by atoms with Crippen LogP contribution in [0.2, 0.25) is 0 Å². The molecule has 0 unspecified atom stereocenters. The maximum absolute atomic E-state index is 5.22. The van der Waals surface area contributed by atoms with E-state index < -0.39 is 0 Å². The van der Waals surface area contributed by atoms with Crippen LogP contribution in [0.5, 0.6) is 0 Å². The average Bonchev–Trinajstić information content (AvgIpc) is 2.26. The zero-order valence-corrected chi connectivity index (χ0v) is 11.7. The third kappa shape index (κ3) is 5.15. The SMILES string of the molecule is CCC1CCC(CNC(=S)NC(C)C)CC1. The summed E-state index contributed by atoms with van der Waals surface area (Å²) in [6.07, 6.45) is 6.92. The van der Waals surface area contributed by atoms with Crippen LogP contribution in [-0.4, -0.2) is 17.7 Å². The molecule has 0 bridgehead atoms. The van der Waals surface area contributed by atoms with E-state index in [1.165, 1.54) is 32.1 Å². The van der Waals surface area contributed by atoms with E-state index in [2.05, 4.69) is 31.4 Å². The van der Waals surface area contributed by atoms with Crippen LogP contribution in [0.15, 0.2) is 0 Å². The summed E-state index contributed by atoms with van der Waals surface area (Å²) in [5.74, 6) is 1.81. The molecule has 0 aliphatic heterocycles. The Morgan fingerprint density at radius 3 is 2.25 bits per heavy atom. The molecule has 0 atom stereocenters. The van der Waals surface area contributed by atoms with Crippen molar-refractivity contribution < 1.29 is 0 Å². The minimum atomic E-state index is 0.427. The Labute approximate surface area is 106 Å². The Balaban J connectivity index is 2.12. The summed E-state index contributed by atoms with van der Waals surface area (Å²) >= 11 is 5.22. The first-order valence-electron chi connectivity index (χ1n) is 6.66. The van der Waals surface area contributed by atoms with E-state index >= 15 is 0 Å². The number of hydrogen-bond acceptors (Lipinski definition) is 1. The fraction of sp³-hybridized carbons (Fsp3) is 0.923. The van der Waals surface area contributed by atoms with E-state index in [0.29, 0.717) is 6.04 Å². The lowest BCUT2D eigenvalue weighted by Gasteiger charge is -2.28. The molecule has 2 nitrogen and oxygen atoms in total. The Morgan fingerprint density at radius 2 is 1.75 bits per heavy atom. The summed E-state index contributed by atoms with van der Waals surface area (Å²) in [5.41, 5.74) is 0. The smallest absolute Gasteiger partial charge is 0.166 e. The van der Waals surface area contributed by atoms with Crippen molar-refractivity contribution in [2.45, 2.75) is 58.9 Å². The normalized spacial score (nSPS) is 25.5. The highest BCUT2D eigenvalue weighted by molar-refractivity contribution is 7.80. The second kappa shape index (κ2) is 7.10. The van der Waals surface area contributed by atoms with Crippen LogP contribution < -0.4 is 10.6 Å². The van der Waals surface area contributed by atoms with Crippen LogP contribution in [0.25, 0.3) is 0 Å². The molecule has 0 radical (unpaired) electrons. The minimum absolute atomic E-state index is 0.427. The third-order valence-corrected chi connectivity index (χ3v) is 3.78. The van der Waals surface area contributed by atoms with Gasteiger partial charge in [-0.25, -0.2) is 0 Å². The Bertz CT molecular complexity index is 208. The number of thiocarbonyl (C=S) groups is 1. The number of hydrogen-bond donors (Lipinski definition) is 2. The second-order valence-corrected chi connectivity index (χ2v) is 5.71. The average molecular weight is 242 g/mol. The highest BCUT2D eigenvalue weighted by Gasteiger charge is 2.19. The fourth-order valence-electron chi connectivity index (χ4n) is 2.39. The lowest BCUT2D eigenvalue weighted by molar-refractivity contribution is 0.269. The summed E-state index contributed by atoms with van der Waals surface area (Å²) < 4.78 is 0. The highest BCUT2D eigenvalue weighted by Crippen LogP contribution is 2.29. The van der Waals surface area contributed by atoms with Gasteiger partial charge in [-0.15, -0.1) is 0 Å². The van der Waals surface area contributed by atoms with Gasteiger partial charge in [-0.2, -0.15) is 0 Å². The zero-order valence-electron chi connectivity index (χ0n) is 10.9. The largest absolute Gasteiger partial charge is 0.362 e. The van der Waals surface area contributed by atoms with Crippen LogP contribution in [0.3, 0.4) is 0 Å². The van der Waals surface area contributed by atoms with E-state index in [1.54, 1.807) is 0 Å². The third-order valence-electron chi connectivity index (χ3n) is 3.51. The lowest BCUT2D eigenvalue weighted by Crippen LogP contribution is -2.41. The molecule has 0 heterocycles. The molecule has 0 saturated heterocycles. The molecule has 0 aromatic heterocycles. The van der Waals surface area contributed by atoms with Crippen LogP contribution in [0.4, 0.5) is 0 Å². The summed E-state index contributed by atoms with van der Waals surface area (Å²) in [7, 11) is 0. The van der Waals surface area contributed by atoms with E-state index in [0.717, 1.165) is 23.5 Å². The fourth-order valence-corrected chi connectivity index (χ4v) is 2.71. The first-order chi connectivity index (χ1) is 7.61. The molecular formula is C13H26N2S. The van der Waals surface area contributed by atoms with E-state index in [1.807, 2.05) is 0 Å². The first-order valence-corrected chi connectivity index (χ1v) is 7.07. The van der Waals surface area contributed by atoms with Crippen LogP contribution in [0.1, 0.15) is 52.9 Å². The van der Waals surface area contributed by atoms with Crippen molar-refractivity contribution in [2.24, 2.45) is 11.8 Å². The molecule has 0 amide bonds. The van der Waals surface area contributed by atoms with Crippen molar-refractivity contribution in [1.82, 2.24) is 10.6 Å². The van der Waals surface area contributed by atoms with Gasteiger partial charge in [-0.3, -0.25) is 0 Å². The van der Waals surface area contributed by atoms with E-state index in [-0.39, 0.29) is 0 Å². The molecular weight excluding hydrogens is 216 g/mol. The summed E-state index contributed by atoms with van der Waals surface area (Å²) in [6.45, 7) is 7.58. The molecule has 2 N–H and O–H groups in total. The molecule has 0 spiro atoms. The summed E-state index contributed by atoms with van der Waals surface area (Å²) in [6, 6.07) is 0.427. The molecule has 3 heteroatoms. The standard InChI is InChI=1S/C13H26N2S/c1-4-11-5-7-12(8-6-11)9-14-13(16)15-10(2)3/h10-12H,4-9H2,1-3H3,(H2,14,15,16). The Hall–Kier alpha value is -0.310. The van der Waals surface area contributed by atoms with Gasteiger partial charge >= 0.3 is 0 Å². The molecule has 1 rings (SSSR count). The molecule has 0 aromatic rings. The number of nitrogens with one attached hydrogen (secondary N) is 2. The van der Waals surface area contributed by atoms with Crippen molar-refractivity contribution in [3.05, 3.63) is 0 Å². The van der Waals surface area contributed by atoms with Gasteiger partial charge in [0.1, 0.15) is 0 Å². The lowest BCUT2D eigenvalue weighted by atomic mass is 9.81. The summed E-state index contributed by atoms with van der Waals surface area (Å²) in [5, 5.41) is 7.37. The molecule has 0 aromatic carbocycles. The number of rotatable bonds is 4. The van der Waals surface area contributed by atoms with Gasteiger partial charge in [0.15, 0.2) is 5.11 Å². The van der Waals surface area contributed by atoms with Gasteiger partial charge in [0, 0.05) is 12.6 Å². The topological polar surface area (TPSA) is 24.1 Å².